The molecule has 1 heterocycles. The molecule has 2 nitrogen and oxygen atoms in total. The monoisotopic (exact) mass is 226 g/mol. The van der Waals surface area contributed by atoms with E-state index in [9.17, 15) is 0 Å². The van der Waals surface area contributed by atoms with E-state index in [4.69, 9.17) is 5.73 Å². The van der Waals surface area contributed by atoms with Crippen LogP contribution in [-0.4, -0.2) is 24.0 Å². The second-order valence-electron chi connectivity index (χ2n) is 4.97. The predicted molar refractivity (Wildman–Crippen MR) is 71.8 cm³/mol. The van der Waals surface area contributed by atoms with Gasteiger partial charge in [0.2, 0.25) is 0 Å². The number of fused-ring (bicyclic) bond motifs is 1. The zero-order valence-corrected chi connectivity index (χ0v) is 9.97. The van der Waals surface area contributed by atoms with Gasteiger partial charge in [-0.2, -0.15) is 0 Å². The van der Waals surface area contributed by atoms with Crippen molar-refractivity contribution in [2.24, 2.45) is 5.73 Å². The van der Waals surface area contributed by atoms with Crippen LogP contribution in [0.3, 0.4) is 0 Å². The highest BCUT2D eigenvalue weighted by Crippen LogP contribution is 2.18. The molecule has 0 unspecified atom stereocenters. The normalized spacial score (nSPS) is 21.1. The summed E-state index contributed by atoms with van der Waals surface area (Å²) in [7, 11) is 0. The van der Waals surface area contributed by atoms with E-state index < -0.39 is 0 Å². The number of rotatable bonds is 2. The van der Waals surface area contributed by atoms with Crippen LogP contribution in [0.4, 0.5) is 0 Å². The highest BCUT2D eigenvalue weighted by molar-refractivity contribution is 5.82. The van der Waals surface area contributed by atoms with E-state index in [0.29, 0.717) is 6.04 Å². The van der Waals surface area contributed by atoms with Crippen LogP contribution in [-0.2, 0) is 6.54 Å². The molecule has 0 aliphatic carbocycles. The number of nitrogens with zero attached hydrogens (tertiary/aromatic N) is 1. The van der Waals surface area contributed by atoms with Crippen molar-refractivity contribution in [3.63, 3.8) is 0 Å². The van der Waals surface area contributed by atoms with Crippen LogP contribution in [0.15, 0.2) is 42.5 Å². The van der Waals surface area contributed by atoms with Crippen LogP contribution in [0.1, 0.15) is 12.0 Å². The molecule has 2 N–H and O–H groups in total. The first-order valence-corrected chi connectivity index (χ1v) is 6.27. The van der Waals surface area contributed by atoms with Gasteiger partial charge >= 0.3 is 0 Å². The van der Waals surface area contributed by atoms with Crippen LogP contribution >= 0.6 is 0 Å². The summed E-state index contributed by atoms with van der Waals surface area (Å²) < 4.78 is 0. The fraction of sp³-hybridized carbons (Fsp3) is 0.333. The van der Waals surface area contributed by atoms with E-state index in [-0.39, 0.29) is 0 Å². The lowest BCUT2D eigenvalue weighted by Crippen LogP contribution is -2.26. The number of hydrogen-bond donors (Lipinski definition) is 1. The number of likely N-dealkylation sites (tertiary alicyclic amines) is 1. The van der Waals surface area contributed by atoms with Crippen molar-refractivity contribution >= 4 is 10.8 Å². The van der Waals surface area contributed by atoms with Crippen molar-refractivity contribution in [1.82, 2.24) is 4.90 Å². The lowest BCUT2D eigenvalue weighted by molar-refractivity contribution is 0.327. The van der Waals surface area contributed by atoms with Gasteiger partial charge in [0.05, 0.1) is 0 Å². The lowest BCUT2D eigenvalue weighted by Gasteiger charge is -2.15. The van der Waals surface area contributed by atoms with Gasteiger partial charge in [0.1, 0.15) is 0 Å². The molecule has 0 aromatic heterocycles. The highest BCUT2D eigenvalue weighted by Gasteiger charge is 2.18. The maximum Gasteiger partial charge on any atom is 0.0234 e. The molecule has 88 valence electrons. The largest absolute Gasteiger partial charge is 0.326 e. The summed E-state index contributed by atoms with van der Waals surface area (Å²) >= 11 is 0. The van der Waals surface area contributed by atoms with Crippen LogP contribution in [0.2, 0.25) is 0 Å². The number of hydrogen-bond acceptors (Lipinski definition) is 2. The van der Waals surface area contributed by atoms with Crippen LogP contribution in [0.5, 0.6) is 0 Å². The molecule has 0 bridgehead atoms. The van der Waals surface area contributed by atoms with Crippen molar-refractivity contribution < 1.29 is 0 Å². The molecule has 1 fully saturated rings. The summed E-state index contributed by atoms with van der Waals surface area (Å²) in [5.74, 6) is 0. The molecule has 0 saturated carbocycles. The van der Waals surface area contributed by atoms with Gasteiger partial charge in [-0.15, -0.1) is 0 Å². The summed E-state index contributed by atoms with van der Waals surface area (Å²) in [5.41, 5.74) is 7.31. The molecule has 0 amide bonds. The summed E-state index contributed by atoms with van der Waals surface area (Å²) in [4.78, 5) is 2.44. The smallest absolute Gasteiger partial charge is 0.0234 e. The van der Waals surface area contributed by atoms with Crippen molar-refractivity contribution in [2.45, 2.75) is 19.0 Å². The van der Waals surface area contributed by atoms with E-state index >= 15 is 0 Å². The molecule has 1 aliphatic rings. The Labute approximate surface area is 102 Å². The van der Waals surface area contributed by atoms with E-state index in [1.807, 2.05) is 0 Å². The van der Waals surface area contributed by atoms with Gasteiger partial charge in [-0.05, 0) is 28.8 Å². The zero-order valence-electron chi connectivity index (χ0n) is 9.97. The fourth-order valence-electron chi connectivity index (χ4n) is 2.60. The number of nitrogens with two attached hydrogens (primary N) is 1. The van der Waals surface area contributed by atoms with Gasteiger partial charge < -0.3 is 5.73 Å². The Morgan fingerprint density at radius 3 is 2.71 bits per heavy atom. The average molecular weight is 226 g/mol. The molecule has 0 spiro atoms. The Morgan fingerprint density at radius 1 is 1.12 bits per heavy atom. The molecule has 0 radical (unpaired) electrons. The molecule has 3 rings (SSSR count). The van der Waals surface area contributed by atoms with Crippen LogP contribution in [0.25, 0.3) is 10.8 Å². The summed E-state index contributed by atoms with van der Waals surface area (Å²) in [5, 5.41) is 2.64. The summed E-state index contributed by atoms with van der Waals surface area (Å²) in [6, 6.07) is 15.6. The van der Waals surface area contributed by atoms with Gasteiger partial charge in [0.15, 0.2) is 0 Å². The van der Waals surface area contributed by atoms with Crippen LogP contribution < -0.4 is 5.73 Å². The SMILES string of the molecule is N[C@@H]1CCN(Cc2ccc3ccccc3c2)C1. The maximum absolute atomic E-state index is 5.93. The maximum atomic E-state index is 5.93. The third-order valence-corrected chi connectivity index (χ3v) is 3.53. The molecule has 2 aromatic carbocycles. The molecule has 1 atom stereocenters. The van der Waals surface area contributed by atoms with E-state index in [2.05, 4.69) is 47.4 Å². The third-order valence-electron chi connectivity index (χ3n) is 3.53. The van der Waals surface area contributed by atoms with Gasteiger partial charge in [-0.3, -0.25) is 4.90 Å². The van der Waals surface area contributed by atoms with Gasteiger partial charge in [0.25, 0.3) is 0 Å². The van der Waals surface area contributed by atoms with Crippen molar-refractivity contribution in [1.29, 1.82) is 0 Å². The topological polar surface area (TPSA) is 29.3 Å². The van der Waals surface area contributed by atoms with Crippen molar-refractivity contribution in [2.75, 3.05) is 13.1 Å². The molecular formula is C15H18N2. The molecule has 2 aromatic rings. The van der Waals surface area contributed by atoms with E-state index in [0.717, 1.165) is 26.1 Å². The van der Waals surface area contributed by atoms with E-state index in [1.54, 1.807) is 0 Å². The van der Waals surface area contributed by atoms with Crippen LogP contribution in [0, 0.1) is 0 Å². The quantitative estimate of drug-likeness (QED) is 0.852. The van der Waals surface area contributed by atoms with Crippen molar-refractivity contribution in [3.8, 4) is 0 Å². The molecule has 2 heteroatoms. The fourth-order valence-corrected chi connectivity index (χ4v) is 2.60. The predicted octanol–water partition coefficient (Wildman–Crippen LogP) is 2.37. The number of benzene rings is 2. The standard InChI is InChI=1S/C15H18N2/c16-15-7-8-17(11-15)10-12-5-6-13-3-1-2-4-14(13)9-12/h1-6,9,15H,7-8,10-11,16H2/t15-/m1/s1. The average Bonchev–Trinajstić information content (AvgIpc) is 2.75. The Bertz CT molecular complexity index is 521. The first kappa shape index (κ1) is 10.8. The lowest BCUT2D eigenvalue weighted by atomic mass is 10.1. The third kappa shape index (κ3) is 2.33. The first-order chi connectivity index (χ1) is 8.31. The second-order valence-corrected chi connectivity index (χ2v) is 4.97. The van der Waals surface area contributed by atoms with Gasteiger partial charge in [-0.1, -0.05) is 36.4 Å². The van der Waals surface area contributed by atoms with Crippen molar-refractivity contribution in [3.05, 3.63) is 48.0 Å². The molecular weight excluding hydrogens is 208 g/mol. The highest BCUT2D eigenvalue weighted by atomic mass is 15.2. The zero-order chi connectivity index (χ0) is 11.7. The molecule has 17 heavy (non-hydrogen) atoms. The molecule has 1 aliphatic heterocycles. The Hall–Kier alpha value is -1.38. The minimum absolute atomic E-state index is 0.371. The van der Waals surface area contributed by atoms with Gasteiger partial charge in [0, 0.05) is 25.7 Å². The van der Waals surface area contributed by atoms with E-state index in [1.165, 1.54) is 16.3 Å². The molecule has 1 saturated heterocycles. The summed E-state index contributed by atoms with van der Waals surface area (Å²) in [6.07, 6.45) is 1.13. The Morgan fingerprint density at radius 2 is 1.94 bits per heavy atom. The Balaban J connectivity index is 1.81. The second kappa shape index (κ2) is 4.47. The minimum atomic E-state index is 0.371. The van der Waals surface area contributed by atoms with Gasteiger partial charge in [-0.25, -0.2) is 0 Å². The Kier molecular flexibility index (Phi) is 2.83. The first-order valence-electron chi connectivity index (χ1n) is 6.27. The summed E-state index contributed by atoms with van der Waals surface area (Å²) in [6.45, 7) is 3.19. The minimum Gasteiger partial charge on any atom is -0.326 e.